The molecule has 0 bridgehead atoms. The summed E-state index contributed by atoms with van der Waals surface area (Å²) in [4.78, 5) is 12.5. The lowest BCUT2D eigenvalue weighted by Crippen LogP contribution is -2.39. The van der Waals surface area contributed by atoms with Crippen LogP contribution in [0.4, 0.5) is 0 Å². The first kappa shape index (κ1) is 22.3. The van der Waals surface area contributed by atoms with Crippen LogP contribution in [0, 0.1) is 0 Å². The maximum absolute atomic E-state index is 12.9. The minimum absolute atomic E-state index is 0.0545. The van der Waals surface area contributed by atoms with Crippen LogP contribution in [0.25, 0.3) is 6.08 Å². The number of hydrogen-bond acceptors (Lipinski definition) is 5. The van der Waals surface area contributed by atoms with Gasteiger partial charge in [-0.15, -0.1) is 0 Å². The number of sulfonamides is 1. The summed E-state index contributed by atoms with van der Waals surface area (Å²) in [5, 5.41) is 3.85. The number of benzene rings is 2. The van der Waals surface area contributed by atoms with E-state index in [1.807, 2.05) is 36.4 Å². The van der Waals surface area contributed by atoms with E-state index >= 15 is 0 Å². The summed E-state index contributed by atoms with van der Waals surface area (Å²) in [5.41, 5.74) is 1.59. The Morgan fingerprint density at radius 3 is 2.61 bits per heavy atom. The number of ether oxygens (including phenoxy) is 1. The minimum Gasteiger partial charge on any atom is -0.497 e. The Kier molecular flexibility index (Phi) is 7.64. The molecule has 1 heterocycles. The van der Waals surface area contributed by atoms with Crippen molar-refractivity contribution < 1.29 is 22.4 Å². The van der Waals surface area contributed by atoms with Gasteiger partial charge in [-0.3, -0.25) is 4.79 Å². The van der Waals surface area contributed by atoms with Crippen LogP contribution in [-0.2, 0) is 27.9 Å². The highest BCUT2D eigenvalue weighted by Gasteiger charge is 2.23. The van der Waals surface area contributed by atoms with Gasteiger partial charge < -0.3 is 14.5 Å². The number of nitrogens with one attached hydrogen (secondary N) is 1. The number of hydrogen-bond donors (Lipinski definition) is 1. The average molecular weight is 441 g/mol. The van der Waals surface area contributed by atoms with E-state index in [4.69, 9.17) is 9.15 Å². The Balaban J connectivity index is 1.70. The van der Waals surface area contributed by atoms with Crippen LogP contribution in [0.5, 0.6) is 5.75 Å². The average Bonchev–Trinajstić information content (AvgIpc) is 3.30. The summed E-state index contributed by atoms with van der Waals surface area (Å²) in [6.45, 7) is -0.141. The van der Waals surface area contributed by atoms with Gasteiger partial charge in [0, 0.05) is 12.0 Å². The van der Waals surface area contributed by atoms with Gasteiger partial charge >= 0.3 is 0 Å². The number of nitrogens with zero attached hydrogens (tertiary/aromatic N) is 1. The highest BCUT2D eigenvalue weighted by atomic mass is 32.2. The number of methoxy groups -OCH3 is 1. The SMILES string of the molecule is COc1cccc(CNC(=O)CN(Cc2ccco2)S(=O)(=O)/C=C/c2ccccc2)c1. The number of furan rings is 1. The summed E-state index contributed by atoms with van der Waals surface area (Å²) < 4.78 is 37.4. The molecule has 3 rings (SSSR count). The van der Waals surface area contributed by atoms with Gasteiger partial charge in [0.2, 0.25) is 15.9 Å². The predicted octanol–water partition coefficient (Wildman–Crippen LogP) is 3.41. The molecule has 3 aromatic rings. The number of rotatable bonds is 10. The highest BCUT2D eigenvalue weighted by molar-refractivity contribution is 7.92. The van der Waals surface area contributed by atoms with Crippen molar-refractivity contribution in [3.63, 3.8) is 0 Å². The molecule has 0 saturated heterocycles. The van der Waals surface area contributed by atoms with Gasteiger partial charge in [0.15, 0.2) is 0 Å². The van der Waals surface area contributed by atoms with E-state index in [2.05, 4.69) is 5.32 Å². The third kappa shape index (κ3) is 6.84. The molecule has 7 nitrogen and oxygen atoms in total. The zero-order valence-corrected chi connectivity index (χ0v) is 17.9. The molecule has 1 amide bonds. The molecule has 2 aromatic carbocycles. The molecule has 0 unspecified atom stereocenters. The first-order valence-electron chi connectivity index (χ1n) is 9.61. The van der Waals surface area contributed by atoms with Crippen molar-refractivity contribution >= 4 is 22.0 Å². The van der Waals surface area contributed by atoms with Gasteiger partial charge in [0.25, 0.3) is 0 Å². The molecule has 0 spiro atoms. The van der Waals surface area contributed by atoms with Crippen LogP contribution in [0.15, 0.2) is 82.8 Å². The zero-order valence-electron chi connectivity index (χ0n) is 17.1. The molecule has 0 radical (unpaired) electrons. The molecule has 162 valence electrons. The highest BCUT2D eigenvalue weighted by Crippen LogP contribution is 2.14. The number of carbonyl (C=O) groups is 1. The van der Waals surface area contributed by atoms with Crippen molar-refractivity contribution in [2.75, 3.05) is 13.7 Å². The molecule has 0 atom stereocenters. The predicted molar refractivity (Wildman–Crippen MR) is 118 cm³/mol. The van der Waals surface area contributed by atoms with Gasteiger partial charge in [0.05, 0.1) is 26.5 Å². The Labute approximate surface area is 182 Å². The Morgan fingerprint density at radius 1 is 1.10 bits per heavy atom. The fourth-order valence-corrected chi connectivity index (χ4v) is 3.93. The van der Waals surface area contributed by atoms with Crippen LogP contribution in [0.1, 0.15) is 16.9 Å². The van der Waals surface area contributed by atoms with Gasteiger partial charge in [-0.25, -0.2) is 8.42 Å². The summed E-state index contributed by atoms with van der Waals surface area (Å²) in [6.07, 6.45) is 2.96. The summed E-state index contributed by atoms with van der Waals surface area (Å²) in [5.74, 6) is 0.697. The zero-order chi connectivity index (χ0) is 22.1. The quantitative estimate of drug-likeness (QED) is 0.522. The van der Waals surface area contributed by atoms with Crippen molar-refractivity contribution in [1.29, 1.82) is 0 Å². The van der Waals surface area contributed by atoms with Gasteiger partial charge in [-0.05, 0) is 41.5 Å². The van der Waals surface area contributed by atoms with E-state index in [-0.39, 0.29) is 19.6 Å². The van der Waals surface area contributed by atoms with E-state index in [1.54, 1.807) is 37.4 Å². The van der Waals surface area contributed by atoms with E-state index in [0.29, 0.717) is 11.5 Å². The summed E-state index contributed by atoms with van der Waals surface area (Å²) in [7, 11) is -2.31. The third-order valence-corrected chi connectivity index (χ3v) is 5.91. The smallest absolute Gasteiger partial charge is 0.237 e. The van der Waals surface area contributed by atoms with Crippen LogP contribution < -0.4 is 10.1 Å². The normalized spacial score (nSPS) is 11.7. The first-order chi connectivity index (χ1) is 15.0. The lowest BCUT2D eigenvalue weighted by molar-refractivity contribution is -0.121. The number of amides is 1. The molecule has 1 N–H and O–H groups in total. The van der Waals surface area contributed by atoms with Crippen molar-refractivity contribution in [2.24, 2.45) is 0 Å². The second-order valence-corrected chi connectivity index (χ2v) is 8.55. The topological polar surface area (TPSA) is 88.8 Å². The van der Waals surface area contributed by atoms with Crippen molar-refractivity contribution in [1.82, 2.24) is 9.62 Å². The first-order valence-corrected chi connectivity index (χ1v) is 11.1. The summed E-state index contributed by atoms with van der Waals surface area (Å²) in [6, 6.07) is 19.7. The van der Waals surface area contributed by atoms with Gasteiger partial charge in [0.1, 0.15) is 11.5 Å². The molecule has 1 aromatic heterocycles. The van der Waals surface area contributed by atoms with Gasteiger partial charge in [-0.2, -0.15) is 4.31 Å². The molecule has 0 fully saturated rings. The number of carbonyl (C=O) groups excluding carboxylic acids is 1. The summed E-state index contributed by atoms with van der Waals surface area (Å²) >= 11 is 0. The fourth-order valence-electron chi connectivity index (χ4n) is 2.83. The standard InChI is InChI=1S/C23H24N2O5S/c1-29-21-10-5-9-20(15-21)16-24-23(26)18-25(17-22-11-6-13-30-22)31(27,28)14-12-19-7-3-2-4-8-19/h2-15H,16-18H2,1H3,(H,24,26)/b14-12+. The van der Waals surface area contributed by atoms with Crippen LogP contribution in [-0.4, -0.2) is 32.3 Å². The van der Waals surface area contributed by atoms with E-state index < -0.39 is 15.9 Å². The molecular weight excluding hydrogens is 416 g/mol. The van der Waals surface area contributed by atoms with Crippen molar-refractivity contribution in [3.8, 4) is 5.75 Å². The second-order valence-electron chi connectivity index (χ2n) is 6.73. The molecule has 0 saturated carbocycles. The van der Waals surface area contributed by atoms with Gasteiger partial charge in [-0.1, -0.05) is 42.5 Å². The third-order valence-electron chi connectivity index (χ3n) is 4.45. The lowest BCUT2D eigenvalue weighted by atomic mass is 10.2. The fraction of sp³-hybridized carbons (Fsp3) is 0.174. The second kappa shape index (κ2) is 10.6. The maximum atomic E-state index is 12.9. The maximum Gasteiger partial charge on any atom is 0.237 e. The Morgan fingerprint density at radius 2 is 1.90 bits per heavy atom. The molecule has 0 aliphatic heterocycles. The molecule has 31 heavy (non-hydrogen) atoms. The van der Waals surface area contributed by atoms with E-state index in [9.17, 15) is 13.2 Å². The largest absolute Gasteiger partial charge is 0.497 e. The Bertz CT molecular complexity index is 1110. The monoisotopic (exact) mass is 440 g/mol. The lowest BCUT2D eigenvalue weighted by Gasteiger charge is -2.19. The molecule has 0 aliphatic carbocycles. The van der Waals surface area contributed by atoms with E-state index in [1.165, 1.54) is 12.3 Å². The Hall–Kier alpha value is -3.36. The molecular formula is C23H24N2O5S. The van der Waals surface area contributed by atoms with Crippen molar-refractivity contribution in [3.05, 3.63) is 95.3 Å². The minimum atomic E-state index is -3.87. The molecule has 8 heteroatoms. The van der Waals surface area contributed by atoms with Crippen LogP contribution in [0.2, 0.25) is 0 Å². The van der Waals surface area contributed by atoms with E-state index in [0.717, 1.165) is 20.8 Å². The van der Waals surface area contributed by atoms with Crippen molar-refractivity contribution in [2.45, 2.75) is 13.1 Å². The van der Waals surface area contributed by atoms with Crippen LogP contribution in [0.3, 0.4) is 0 Å². The molecule has 0 aliphatic rings. The van der Waals surface area contributed by atoms with Crippen LogP contribution >= 0.6 is 0 Å².